The van der Waals surface area contributed by atoms with Crippen LogP contribution in [0.15, 0.2) is 24.3 Å². The zero-order valence-corrected chi connectivity index (χ0v) is 16.5. The van der Waals surface area contributed by atoms with Gasteiger partial charge in [0.2, 0.25) is 7.44 Å². The van der Waals surface area contributed by atoms with Crippen molar-refractivity contribution in [3.8, 4) is 0 Å². The van der Waals surface area contributed by atoms with Crippen molar-refractivity contribution in [1.29, 1.82) is 0 Å². The zero-order valence-electron chi connectivity index (χ0n) is 15.6. The van der Waals surface area contributed by atoms with Gasteiger partial charge in [-0.15, -0.1) is 0 Å². The van der Waals surface area contributed by atoms with Gasteiger partial charge in [-0.25, -0.2) is 9.34 Å². The molecule has 1 heterocycles. The van der Waals surface area contributed by atoms with Crippen LogP contribution in [0.25, 0.3) is 0 Å². The van der Waals surface area contributed by atoms with E-state index in [4.69, 9.17) is 0 Å². The summed E-state index contributed by atoms with van der Waals surface area (Å²) in [7, 11) is -2.82. The summed E-state index contributed by atoms with van der Waals surface area (Å²) in [6.07, 6.45) is 0.293. The van der Waals surface area contributed by atoms with Crippen LogP contribution in [0.1, 0.15) is 48.4 Å². The maximum atomic E-state index is 13.8. The molecule has 0 spiro atoms. The minimum absolute atomic E-state index is 0.177. The maximum absolute atomic E-state index is 13.8. The third kappa shape index (κ3) is 3.57. The summed E-state index contributed by atoms with van der Waals surface area (Å²) >= 11 is 0. The van der Waals surface area contributed by atoms with Gasteiger partial charge in [-0.05, 0) is 12.1 Å². The number of hydrogen-bond acceptors (Lipinski definition) is 3. The molecule has 138 valence electrons. The minimum Gasteiger partial charge on any atom is -0.289 e. The number of carbonyl (C=O) groups is 2. The highest BCUT2D eigenvalue weighted by atomic mass is 31.2. The Kier molecular flexibility index (Phi) is 6.55. The predicted molar refractivity (Wildman–Crippen MR) is 100 cm³/mol. The highest BCUT2D eigenvalue weighted by Crippen LogP contribution is 2.52. The zero-order chi connectivity index (χ0) is 18.6. The SMILES string of the molecule is CCN(CC)P(=O)(CCN1C(=O)c2ccccc2C1=O)N(CC)CC. The third-order valence-corrected chi connectivity index (χ3v) is 8.52. The highest BCUT2D eigenvalue weighted by molar-refractivity contribution is 7.59. The van der Waals surface area contributed by atoms with E-state index in [0.717, 1.165) is 0 Å². The Bertz CT molecular complexity index is 633. The van der Waals surface area contributed by atoms with Gasteiger partial charge in [0.1, 0.15) is 0 Å². The molecule has 0 N–H and O–H groups in total. The van der Waals surface area contributed by atoms with Gasteiger partial charge in [-0.2, -0.15) is 0 Å². The second kappa shape index (κ2) is 8.26. The van der Waals surface area contributed by atoms with Crippen LogP contribution in [0.4, 0.5) is 0 Å². The molecule has 0 bridgehead atoms. The molecule has 0 aromatic heterocycles. The Labute approximate surface area is 150 Å². The Morgan fingerprint density at radius 2 is 1.24 bits per heavy atom. The van der Waals surface area contributed by atoms with Gasteiger partial charge < -0.3 is 0 Å². The van der Waals surface area contributed by atoms with Gasteiger partial charge in [0, 0.05) is 38.9 Å². The lowest BCUT2D eigenvalue weighted by atomic mass is 10.1. The summed E-state index contributed by atoms with van der Waals surface area (Å²) < 4.78 is 17.7. The molecule has 0 saturated heterocycles. The van der Waals surface area contributed by atoms with E-state index in [0.29, 0.717) is 43.5 Å². The summed E-state index contributed by atoms with van der Waals surface area (Å²) in [6.45, 7) is 10.8. The van der Waals surface area contributed by atoms with Crippen molar-refractivity contribution in [1.82, 2.24) is 14.2 Å². The van der Waals surface area contributed by atoms with Crippen molar-refractivity contribution in [3.05, 3.63) is 35.4 Å². The Morgan fingerprint density at radius 1 is 0.840 bits per heavy atom. The molecule has 0 unspecified atom stereocenters. The normalized spacial score (nSPS) is 14.7. The van der Waals surface area contributed by atoms with Crippen molar-refractivity contribution in [2.75, 3.05) is 38.9 Å². The van der Waals surface area contributed by atoms with Gasteiger partial charge >= 0.3 is 0 Å². The number of amides is 2. The van der Waals surface area contributed by atoms with Crippen LogP contribution in [0.2, 0.25) is 0 Å². The topological polar surface area (TPSA) is 60.9 Å². The van der Waals surface area contributed by atoms with Crippen LogP contribution < -0.4 is 0 Å². The first-order valence-electron chi connectivity index (χ1n) is 8.99. The molecule has 2 amide bonds. The number of nitrogens with zero attached hydrogens (tertiary/aromatic N) is 3. The van der Waals surface area contributed by atoms with E-state index in [1.807, 2.05) is 37.0 Å². The van der Waals surface area contributed by atoms with E-state index in [9.17, 15) is 14.2 Å². The largest absolute Gasteiger partial charge is 0.289 e. The Balaban J connectivity index is 2.23. The average Bonchev–Trinajstić information content (AvgIpc) is 2.86. The molecule has 25 heavy (non-hydrogen) atoms. The molecule has 0 radical (unpaired) electrons. The lowest BCUT2D eigenvalue weighted by Gasteiger charge is -2.38. The lowest BCUT2D eigenvalue weighted by molar-refractivity contribution is 0.0663. The van der Waals surface area contributed by atoms with Gasteiger partial charge in [-0.3, -0.25) is 19.1 Å². The van der Waals surface area contributed by atoms with Crippen molar-refractivity contribution in [2.45, 2.75) is 27.7 Å². The van der Waals surface area contributed by atoms with Crippen molar-refractivity contribution in [2.24, 2.45) is 0 Å². The predicted octanol–water partition coefficient (Wildman–Crippen LogP) is 3.16. The summed E-state index contributed by atoms with van der Waals surface area (Å²) in [4.78, 5) is 26.3. The van der Waals surface area contributed by atoms with E-state index < -0.39 is 7.44 Å². The molecule has 0 fully saturated rings. The monoisotopic (exact) mass is 365 g/mol. The van der Waals surface area contributed by atoms with Crippen LogP contribution in [-0.2, 0) is 4.57 Å². The summed E-state index contributed by atoms with van der Waals surface area (Å²) in [5, 5.41) is 0. The van der Waals surface area contributed by atoms with Crippen LogP contribution >= 0.6 is 7.44 Å². The van der Waals surface area contributed by atoms with Crippen molar-refractivity contribution < 1.29 is 14.2 Å². The fourth-order valence-electron chi connectivity index (χ4n) is 3.47. The fourth-order valence-corrected chi connectivity index (χ4v) is 6.62. The van der Waals surface area contributed by atoms with E-state index in [-0.39, 0.29) is 18.4 Å². The quantitative estimate of drug-likeness (QED) is 0.497. The molecule has 1 aliphatic rings. The molecule has 6 nitrogen and oxygen atoms in total. The second-order valence-corrected chi connectivity index (χ2v) is 8.88. The van der Waals surface area contributed by atoms with Gasteiger partial charge in [-0.1, -0.05) is 39.8 Å². The first-order valence-corrected chi connectivity index (χ1v) is 10.8. The molecule has 1 aromatic rings. The molecule has 2 rings (SSSR count). The minimum atomic E-state index is -2.82. The summed E-state index contributed by atoms with van der Waals surface area (Å²) in [5.74, 6) is -0.572. The van der Waals surface area contributed by atoms with Gasteiger partial charge in [0.05, 0.1) is 11.1 Å². The number of hydrogen-bond donors (Lipinski definition) is 0. The van der Waals surface area contributed by atoms with Crippen molar-refractivity contribution in [3.63, 3.8) is 0 Å². The average molecular weight is 365 g/mol. The molecule has 0 saturated carbocycles. The molecular weight excluding hydrogens is 337 g/mol. The molecule has 7 heteroatoms. The number of rotatable bonds is 9. The third-order valence-electron chi connectivity index (χ3n) is 4.84. The smallest absolute Gasteiger partial charge is 0.261 e. The first kappa shape index (κ1) is 19.8. The van der Waals surface area contributed by atoms with Gasteiger partial charge in [0.25, 0.3) is 11.8 Å². The molecule has 0 aliphatic carbocycles. The highest BCUT2D eigenvalue weighted by Gasteiger charge is 2.39. The van der Waals surface area contributed by atoms with E-state index in [1.165, 1.54) is 4.90 Å². The van der Waals surface area contributed by atoms with E-state index in [1.54, 1.807) is 24.3 Å². The Hall–Kier alpha value is -1.49. The van der Waals surface area contributed by atoms with Crippen LogP contribution in [0.3, 0.4) is 0 Å². The standard InChI is InChI=1S/C18H28N3O3P/c1-5-19(6-2)25(24,20(7-3)8-4)14-13-21-17(22)15-11-9-10-12-16(15)18(21)23/h9-12H,5-8,13-14H2,1-4H3. The van der Waals surface area contributed by atoms with Crippen molar-refractivity contribution >= 4 is 19.3 Å². The Morgan fingerprint density at radius 3 is 1.60 bits per heavy atom. The van der Waals surface area contributed by atoms with Crippen LogP contribution in [0, 0.1) is 0 Å². The van der Waals surface area contributed by atoms with E-state index in [2.05, 4.69) is 0 Å². The van der Waals surface area contributed by atoms with E-state index >= 15 is 0 Å². The second-order valence-electron chi connectivity index (χ2n) is 5.97. The lowest BCUT2D eigenvalue weighted by Crippen LogP contribution is -2.38. The molecule has 1 aliphatic heterocycles. The first-order chi connectivity index (χ1) is 11.9. The number of fused-ring (bicyclic) bond motifs is 1. The number of imide groups is 1. The number of carbonyl (C=O) groups excluding carboxylic acids is 2. The summed E-state index contributed by atoms with van der Waals surface area (Å²) in [5.41, 5.74) is 0.876. The fraction of sp³-hybridized carbons (Fsp3) is 0.556. The van der Waals surface area contributed by atoms with Crippen LogP contribution in [-0.4, -0.2) is 64.9 Å². The number of benzene rings is 1. The molecule has 0 atom stereocenters. The molecule has 1 aromatic carbocycles. The summed E-state index contributed by atoms with van der Waals surface area (Å²) in [6, 6.07) is 6.85. The van der Waals surface area contributed by atoms with Gasteiger partial charge in [0.15, 0.2) is 0 Å². The van der Waals surface area contributed by atoms with Crippen LogP contribution in [0.5, 0.6) is 0 Å². The molecular formula is C18H28N3O3P. The maximum Gasteiger partial charge on any atom is 0.261 e.